The number of esters is 1. The number of hydrogen-bond donors (Lipinski definition) is 0. The van der Waals surface area contributed by atoms with Crippen LogP contribution in [-0.2, 0) is 14.3 Å². The summed E-state index contributed by atoms with van der Waals surface area (Å²) in [6, 6.07) is 0. The van der Waals surface area contributed by atoms with Gasteiger partial charge in [0.25, 0.3) is 0 Å². The fraction of sp³-hybridized carbons (Fsp3) is 0.889. The fourth-order valence-corrected chi connectivity index (χ4v) is 0.999. The number of methoxy groups -OCH3 is 1. The molecule has 3 heteroatoms. The molecule has 0 aliphatic rings. The van der Waals surface area contributed by atoms with Crippen molar-refractivity contribution in [2.24, 2.45) is 0 Å². The molecule has 0 amide bonds. The van der Waals surface area contributed by atoms with Gasteiger partial charge in [0, 0.05) is 20.5 Å². The summed E-state index contributed by atoms with van der Waals surface area (Å²) in [6.07, 6.45) is 1.76. The molecule has 72 valence electrons. The van der Waals surface area contributed by atoms with E-state index >= 15 is 0 Å². The largest absolute Gasteiger partial charge is 0.462 e. The molecule has 0 aromatic rings. The smallest absolute Gasteiger partial charge is 0.302 e. The maximum Gasteiger partial charge on any atom is 0.302 e. The Morgan fingerprint density at radius 2 is 2.08 bits per heavy atom. The molecule has 0 fully saturated rings. The Morgan fingerprint density at radius 1 is 1.50 bits per heavy atom. The number of hydrogen-bond acceptors (Lipinski definition) is 3. The lowest BCUT2D eigenvalue weighted by molar-refractivity contribution is -0.147. The van der Waals surface area contributed by atoms with E-state index in [-0.39, 0.29) is 18.2 Å². The summed E-state index contributed by atoms with van der Waals surface area (Å²) < 4.78 is 10.1. The van der Waals surface area contributed by atoms with Gasteiger partial charge >= 0.3 is 5.97 Å². The second kappa shape index (κ2) is 6.00. The quantitative estimate of drug-likeness (QED) is 0.596. The lowest BCUT2D eigenvalue weighted by Crippen LogP contribution is -2.21. The molecule has 0 saturated carbocycles. The number of carbonyl (C=O) groups is 1. The van der Waals surface area contributed by atoms with Crippen LogP contribution in [0, 0.1) is 0 Å². The molecule has 12 heavy (non-hydrogen) atoms. The van der Waals surface area contributed by atoms with E-state index in [1.165, 1.54) is 6.92 Å². The van der Waals surface area contributed by atoms with Gasteiger partial charge < -0.3 is 9.47 Å². The molecule has 0 spiro atoms. The highest BCUT2D eigenvalue weighted by molar-refractivity contribution is 5.66. The molecule has 0 saturated heterocycles. The van der Waals surface area contributed by atoms with Crippen molar-refractivity contribution in [3.63, 3.8) is 0 Å². The Hall–Kier alpha value is -0.570. The highest BCUT2D eigenvalue weighted by atomic mass is 16.5. The Bertz CT molecular complexity index is 134. The van der Waals surface area contributed by atoms with E-state index in [2.05, 4.69) is 0 Å². The average molecular weight is 174 g/mol. The van der Waals surface area contributed by atoms with Gasteiger partial charge in [-0.05, 0) is 13.3 Å². The van der Waals surface area contributed by atoms with Crippen LogP contribution >= 0.6 is 0 Å². The normalized spacial score (nSPS) is 15.3. The van der Waals surface area contributed by atoms with Crippen molar-refractivity contribution in [2.45, 2.75) is 45.8 Å². The second-order valence-corrected chi connectivity index (χ2v) is 2.92. The van der Waals surface area contributed by atoms with E-state index in [0.717, 1.165) is 12.8 Å². The Balaban J connectivity index is 3.74. The minimum absolute atomic E-state index is 0.00236. The molecule has 0 heterocycles. The van der Waals surface area contributed by atoms with Crippen molar-refractivity contribution in [3.8, 4) is 0 Å². The summed E-state index contributed by atoms with van der Waals surface area (Å²) in [6.45, 7) is 5.39. The van der Waals surface area contributed by atoms with Crippen LogP contribution in [0.2, 0.25) is 0 Å². The molecule has 2 unspecified atom stereocenters. The highest BCUT2D eigenvalue weighted by Crippen LogP contribution is 2.08. The molecular formula is C9H18O3. The molecule has 3 nitrogen and oxygen atoms in total. The van der Waals surface area contributed by atoms with Crippen molar-refractivity contribution >= 4 is 5.97 Å². The third-order valence-corrected chi connectivity index (χ3v) is 1.79. The third kappa shape index (κ3) is 5.13. The van der Waals surface area contributed by atoms with E-state index in [4.69, 9.17) is 9.47 Å². The summed E-state index contributed by atoms with van der Waals surface area (Å²) in [5.74, 6) is -0.217. The second-order valence-electron chi connectivity index (χ2n) is 2.92. The van der Waals surface area contributed by atoms with Crippen LogP contribution in [0.15, 0.2) is 0 Å². The molecule has 0 radical (unpaired) electrons. The van der Waals surface area contributed by atoms with Crippen molar-refractivity contribution in [2.75, 3.05) is 7.11 Å². The van der Waals surface area contributed by atoms with Gasteiger partial charge in [0.2, 0.25) is 0 Å². The zero-order chi connectivity index (χ0) is 9.56. The number of ether oxygens (including phenoxy) is 2. The first-order chi connectivity index (χ1) is 5.60. The van der Waals surface area contributed by atoms with Crippen LogP contribution < -0.4 is 0 Å². The standard InChI is InChI=1S/C9H18O3/c1-5-9(12-8(3)10)6-7(2)11-4/h7,9H,5-6H2,1-4H3. The van der Waals surface area contributed by atoms with Crippen molar-refractivity contribution in [1.82, 2.24) is 0 Å². The third-order valence-electron chi connectivity index (χ3n) is 1.79. The highest BCUT2D eigenvalue weighted by Gasteiger charge is 2.13. The summed E-state index contributed by atoms with van der Waals surface area (Å²) in [5, 5.41) is 0. The van der Waals surface area contributed by atoms with E-state index in [1.807, 2.05) is 13.8 Å². The minimum Gasteiger partial charge on any atom is -0.462 e. The van der Waals surface area contributed by atoms with Crippen LogP contribution in [-0.4, -0.2) is 25.3 Å². The van der Waals surface area contributed by atoms with Gasteiger partial charge in [0.15, 0.2) is 0 Å². The SMILES string of the molecule is CCC(CC(C)OC)OC(C)=O. The monoisotopic (exact) mass is 174 g/mol. The Morgan fingerprint density at radius 3 is 2.42 bits per heavy atom. The first-order valence-electron chi connectivity index (χ1n) is 4.30. The molecule has 0 aromatic heterocycles. The maximum absolute atomic E-state index is 10.6. The lowest BCUT2D eigenvalue weighted by atomic mass is 10.1. The molecule has 0 bridgehead atoms. The van der Waals surface area contributed by atoms with E-state index in [1.54, 1.807) is 7.11 Å². The number of rotatable bonds is 5. The first kappa shape index (κ1) is 11.4. The van der Waals surface area contributed by atoms with Crippen molar-refractivity contribution in [1.29, 1.82) is 0 Å². The van der Waals surface area contributed by atoms with Gasteiger partial charge in [-0.3, -0.25) is 4.79 Å². The van der Waals surface area contributed by atoms with Gasteiger partial charge in [-0.25, -0.2) is 0 Å². The lowest BCUT2D eigenvalue weighted by Gasteiger charge is -2.18. The van der Waals surface area contributed by atoms with Gasteiger partial charge in [-0.2, -0.15) is 0 Å². The summed E-state index contributed by atoms with van der Waals surface area (Å²) in [7, 11) is 1.66. The minimum atomic E-state index is -0.217. The van der Waals surface area contributed by atoms with Crippen molar-refractivity contribution in [3.05, 3.63) is 0 Å². The van der Waals surface area contributed by atoms with Crippen molar-refractivity contribution < 1.29 is 14.3 Å². The molecule has 0 N–H and O–H groups in total. The van der Waals surface area contributed by atoms with E-state index < -0.39 is 0 Å². The molecule has 0 aromatic carbocycles. The summed E-state index contributed by atoms with van der Waals surface area (Å²) >= 11 is 0. The average Bonchev–Trinajstić information content (AvgIpc) is 2.02. The summed E-state index contributed by atoms with van der Waals surface area (Å²) in [4.78, 5) is 10.6. The predicted octanol–water partition coefficient (Wildman–Crippen LogP) is 1.75. The van der Waals surface area contributed by atoms with Crippen LogP contribution in [0.3, 0.4) is 0 Å². The van der Waals surface area contributed by atoms with E-state index in [9.17, 15) is 4.79 Å². The van der Waals surface area contributed by atoms with Crippen LogP contribution in [0.5, 0.6) is 0 Å². The first-order valence-corrected chi connectivity index (χ1v) is 4.30. The number of carbonyl (C=O) groups excluding carboxylic acids is 1. The van der Waals surface area contributed by atoms with Crippen LogP contribution in [0.25, 0.3) is 0 Å². The van der Waals surface area contributed by atoms with Crippen LogP contribution in [0.1, 0.15) is 33.6 Å². The van der Waals surface area contributed by atoms with Gasteiger partial charge in [0.1, 0.15) is 6.10 Å². The fourth-order valence-electron chi connectivity index (χ4n) is 0.999. The molecule has 2 atom stereocenters. The summed E-state index contributed by atoms with van der Waals surface area (Å²) in [5.41, 5.74) is 0. The molecule has 0 aliphatic heterocycles. The maximum atomic E-state index is 10.6. The molecular weight excluding hydrogens is 156 g/mol. The topological polar surface area (TPSA) is 35.5 Å². The van der Waals surface area contributed by atoms with Crippen LogP contribution in [0.4, 0.5) is 0 Å². The zero-order valence-corrected chi connectivity index (χ0v) is 8.29. The Labute approximate surface area is 74.0 Å². The van der Waals surface area contributed by atoms with Gasteiger partial charge in [-0.15, -0.1) is 0 Å². The molecule has 0 aliphatic carbocycles. The van der Waals surface area contributed by atoms with Gasteiger partial charge in [-0.1, -0.05) is 6.92 Å². The van der Waals surface area contributed by atoms with E-state index in [0.29, 0.717) is 0 Å². The zero-order valence-electron chi connectivity index (χ0n) is 8.29. The van der Waals surface area contributed by atoms with Gasteiger partial charge in [0.05, 0.1) is 6.10 Å². The predicted molar refractivity (Wildman–Crippen MR) is 46.9 cm³/mol. The molecule has 0 rings (SSSR count). The Kier molecular flexibility index (Phi) is 5.72.